The highest BCUT2D eigenvalue weighted by Crippen LogP contribution is 2.30. The number of nitrogens with one attached hydrogen (secondary N) is 1. The summed E-state index contributed by atoms with van der Waals surface area (Å²) in [6.45, 7) is 0. The molecule has 2 heterocycles. The van der Waals surface area contributed by atoms with Gasteiger partial charge in [0.05, 0.1) is 16.7 Å². The van der Waals surface area contributed by atoms with Gasteiger partial charge in [-0.25, -0.2) is 5.43 Å². The number of rotatable bonds is 5. The third-order valence-electron chi connectivity index (χ3n) is 4.05. The smallest absolute Gasteiger partial charge is 0.307 e. The number of hydrogen-bond acceptors (Lipinski definition) is 6. The predicted molar refractivity (Wildman–Crippen MR) is 107 cm³/mol. The number of hydrazone groups is 1. The molecule has 0 unspecified atom stereocenters. The Morgan fingerprint density at radius 2 is 1.93 bits per heavy atom. The summed E-state index contributed by atoms with van der Waals surface area (Å²) in [4.78, 5) is 22.8. The third-order valence-corrected chi connectivity index (χ3v) is 4.29. The Bertz CT molecular complexity index is 1260. The summed E-state index contributed by atoms with van der Waals surface area (Å²) >= 11 is 5.92. The normalized spacial score (nSPS) is 11.2. The molecule has 0 saturated carbocycles. The third kappa shape index (κ3) is 3.87. The van der Waals surface area contributed by atoms with Crippen molar-refractivity contribution in [3.63, 3.8) is 0 Å². The number of hydrogen-bond donors (Lipinski definition) is 1. The van der Waals surface area contributed by atoms with Gasteiger partial charge in [-0.15, -0.1) is 0 Å². The lowest BCUT2D eigenvalue weighted by Gasteiger charge is -1.98. The van der Waals surface area contributed by atoms with Crippen LogP contribution in [0.2, 0.25) is 5.02 Å². The maximum atomic E-state index is 12.2. The second kappa shape index (κ2) is 7.61. The number of furan rings is 2. The average Bonchev–Trinajstić information content (AvgIpc) is 3.34. The Balaban J connectivity index is 1.47. The molecule has 29 heavy (non-hydrogen) atoms. The number of carbonyl (C=O) groups is 1. The van der Waals surface area contributed by atoms with Crippen LogP contribution in [0.4, 0.5) is 5.69 Å². The van der Waals surface area contributed by atoms with Gasteiger partial charge in [0, 0.05) is 16.5 Å². The number of benzene rings is 2. The van der Waals surface area contributed by atoms with Crippen molar-refractivity contribution in [2.45, 2.75) is 0 Å². The van der Waals surface area contributed by atoms with E-state index in [9.17, 15) is 14.9 Å². The van der Waals surface area contributed by atoms with Crippen molar-refractivity contribution in [3.8, 4) is 11.3 Å². The summed E-state index contributed by atoms with van der Waals surface area (Å²) in [5.41, 5.74) is 3.15. The van der Waals surface area contributed by atoms with Crippen molar-refractivity contribution in [1.29, 1.82) is 0 Å². The van der Waals surface area contributed by atoms with Crippen molar-refractivity contribution >= 4 is 40.4 Å². The molecule has 0 aliphatic heterocycles. The van der Waals surface area contributed by atoms with Gasteiger partial charge in [-0.1, -0.05) is 23.7 Å². The van der Waals surface area contributed by atoms with Gasteiger partial charge >= 0.3 is 5.91 Å². The van der Waals surface area contributed by atoms with Crippen LogP contribution < -0.4 is 5.43 Å². The first kappa shape index (κ1) is 18.5. The molecule has 0 aliphatic rings. The summed E-state index contributed by atoms with van der Waals surface area (Å²) in [6.07, 6.45) is 1.29. The van der Waals surface area contributed by atoms with E-state index in [0.717, 1.165) is 0 Å². The minimum atomic E-state index is -0.543. The Morgan fingerprint density at radius 3 is 2.76 bits per heavy atom. The number of nitro groups is 1. The molecule has 9 heteroatoms. The van der Waals surface area contributed by atoms with E-state index in [2.05, 4.69) is 10.5 Å². The van der Waals surface area contributed by atoms with Crippen LogP contribution in [0.5, 0.6) is 0 Å². The minimum absolute atomic E-state index is 0.0661. The van der Waals surface area contributed by atoms with Crippen LogP contribution in [0, 0.1) is 10.1 Å². The van der Waals surface area contributed by atoms with Gasteiger partial charge in [0.25, 0.3) is 5.69 Å². The number of nitro benzene ring substituents is 1. The van der Waals surface area contributed by atoms with E-state index in [0.29, 0.717) is 33.1 Å². The molecule has 0 saturated heterocycles. The molecule has 0 bridgehead atoms. The fourth-order valence-electron chi connectivity index (χ4n) is 2.74. The van der Waals surface area contributed by atoms with E-state index in [1.54, 1.807) is 54.6 Å². The van der Waals surface area contributed by atoms with E-state index in [4.69, 9.17) is 20.4 Å². The molecule has 1 N–H and O–H groups in total. The molecule has 1 amide bonds. The lowest BCUT2D eigenvalue weighted by molar-refractivity contribution is -0.384. The summed E-state index contributed by atoms with van der Waals surface area (Å²) in [6, 6.07) is 16.0. The van der Waals surface area contributed by atoms with E-state index < -0.39 is 10.8 Å². The Labute approximate surface area is 168 Å². The average molecular weight is 410 g/mol. The van der Waals surface area contributed by atoms with Gasteiger partial charge in [0.2, 0.25) is 0 Å². The fraction of sp³-hybridized carbons (Fsp3) is 0. The molecule has 0 radical (unpaired) electrons. The number of carbonyl (C=O) groups excluding carboxylic acids is 1. The molecule has 0 atom stereocenters. The zero-order chi connectivity index (χ0) is 20.4. The molecule has 4 rings (SSSR count). The molecule has 2 aromatic heterocycles. The lowest BCUT2D eigenvalue weighted by Crippen LogP contribution is -2.16. The topological polar surface area (TPSA) is 111 Å². The van der Waals surface area contributed by atoms with Crippen LogP contribution >= 0.6 is 11.6 Å². The molecule has 2 aromatic carbocycles. The molecule has 0 aliphatic carbocycles. The summed E-state index contributed by atoms with van der Waals surface area (Å²) in [7, 11) is 0. The molecular formula is C20H12ClN3O5. The van der Waals surface area contributed by atoms with Crippen LogP contribution in [-0.4, -0.2) is 17.0 Å². The summed E-state index contributed by atoms with van der Waals surface area (Å²) < 4.78 is 11.0. The van der Waals surface area contributed by atoms with Crippen molar-refractivity contribution in [3.05, 3.63) is 87.3 Å². The Hall–Kier alpha value is -3.91. The van der Waals surface area contributed by atoms with Crippen LogP contribution in [0.1, 0.15) is 16.3 Å². The molecular weight excluding hydrogens is 398 g/mol. The second-order valence-electron chi connectivity index (χ2n) is 5.97. The van der Waals surface area contributed by atoms with Crippen molar-refractivity contribution < 1.29 is 18.6 Å². The molecule has 144 valence electrons. The Morgan fingerprint density at radius 1 is 1.10 bits per heavy atom. The highest BCUT2D eigenvalue weighted by atomic mass is 35.5. The van der Waals surface area contributed by atoms with Gasteiger partial charge in [0.1, 0.15) is 17.1 Å². The Kier molecular flexibility index (Phi) is 4.84. The number of para-hydroxylation sites is 1. The monoisotopic (exact) mass is 409 g/mol. The van der Waals surface area contributed by atoms with E-state index in [1.807, 2.05) is 0 Å². The summed E-state index contributed by atoms with van der Waals surface area (Å²) in [5.74, 6) is 0.174. The van der Waals surface area contributed by atoms with E-state index in [1.165, 1.54) is 12.3 Å². The number of fused-ring (bicyclic) bond motifs is 1. The van der Waals surface area contributed by atoms with E-state index >= 15 is 0 Å². The van der Waals surface area contributed by atoms with Gasteiger partial charge in [-0.3, -0.25) is 14.9 Å². The van der Waals surface area contributed by atoms with Gasteiger partial charge in [0.15, 0.2) is 5.76 Å². The predicted octanol–water partition coefficient (Wildman–Crippen LogP) is 5.02. The standard InChI is InChI=1S/C20H12ClN3O5/c21-13-5-7-17-12(9-13)10-19(29-17)20(25)23-22-11-14-6-8-18(28-14)15-3-1-2-4-16(15)24(26)27/h1-11H,(H,23,25)/b22-11-. The quantitative estimate of drug-likeness (QED) is 0.282. The molecule has 4 aromatic rings. The van der Waals surface area contributed by atoms with Crippen LogP contribution in [0.3, 0.4) is 0 Å². The van der Waals surface area contributed by atoms with Crippen molar-refractivity contribution in [1.82, 2.24) is 5.43 Å². The van der Waals surface area contributed by atoms with Crippen LogP contribution in [-0.2, 0) is 0 Å². The summed E-state index contributed by atoms with van der Waals surface area (Å²) in [5, 5.41) is 16.2. The maximum Gasteiger partial charge on any atom is 0.307 e. The van der Waals surface area contributed by atoms with Crippen molar-refractivity contribution in [2.24, 2.45) is 5.10 Å². The minimum Gasteiger partial charge on any atom is -0.455 e. The van der Waals surface area contributed by atoms with Gasteiger partial charge in [-0.2, -0.15) is 5.10 Å². The number of nitrogens with zero attached hydrogens (tertiary/aromatic N) is 2. The first-order chi connectivity index (χ1) is 14.0. The molecule has 0 fully saturated rings. The second-order valence-corrected chi connectivity index (χ2v) is 6.40. The highest BCUT2D eigenvalue weighted by Gasteiger charge is 2.17. The SMILES string of the molecule is O=C(N/N=C\c1ccc(-c2ccccc2[N+](=O)[O-])o1)c1cc2cc(Cl)ccc2o1. The van der Waals surface area contributed by atoms with Gasteiger partial charge in [-0.05, 0) is 42.5 Å². The highest BCUT2D eigenvalue weighted by molar-refractivity contribution is 6.31. The van der Waals surface area contributed by atoms with Crippen LogP contribution in [0.15, 0.2) is 74.6 Å². The fourth-order valence-corrected chi connectivity index (χ4v) is 2.92. The zero-order valence-corrected chi connectivity index (χ0v) is 15.4. The first-order valence-corrected chi connectivity index (χ1v) is 8.75. The largest absolute Gasteiger partial charge is 0.455 e. The van der Waals surface area contributed by atoms with Gasteiger partial charge < -0.3 is 8.83 Å². The van der Waals surface area contributed by atoms with Crippen molar-refractivity contribution in [2.75, 3.05) is 0 Å². The maximum absolute atomic E-state index is 12.2. The first-order valence-electron chi connectivity index (χ1n) is 8.37. The zero-order valence-electron chi connectivity index (χ0n) is 14.7. The lowest BCUT2D eigenvalue weighted by atomic mass is 10.1. The molecule has 0 spiro atoms. The molecule has 8 nitrogen and oxygen atoms in total. The number of halogens is 1. The number of amides is 1. The van der Waals surface area contributed by atoms with Crippen LogP contribution in [0.25, 0.3) is 22.3 Å². The van der Waals surface area contributed by atoms with E-state index in [-0.39, 0.29) is 11.4 Å².